The molecule has 0 atom stereocenters. The van der Waals surface area contributed by atoms with Crippen LogP contribution in [-0.4, -0.2) is 35.3 Å². The fourth-order valence-corrected chi connectivity index (χ4v) is 1.63. The first kappa shape index (κ1) is 12.8. The van der Waals surface area contributed by atoms with Crippen LogP contribution in [0.4, 0.5) is 0 Å². The molecule has 0 aliphatic rings. The number of aromatic nitrogens is 2. The van der Waals surface area contributed by atoms with E-state index in [1.54, 1.807) is 19.2 Å². The van der Waals surface area contributed by atoms with Crippen LogP contribution in [0.3, 0.4) is 0 Å². The van der Waals surface area contributed by atoms with Gasteiger partial charge in [-0.15, -0.1) is 0 Å². The Kier molecular flexibility index (Phi) is 3.61. The summed E-state index contributed by atoms with van der Waals surface area (Å²) in [5, 5.41) is 8.97. The van der Waals surface area contributed by atoms with Crippen LogP contribution in [0, 0.1) is 0 Å². The fraction of sp³-hybridized carbons (Fsp3) is 0.154. The second kappa shape index (κ2) is 5.34. The number of hydrogen-bond acceptors (Lipinski definition) is 5. The molecule has 2 rings (SSSR count). The van der Waals surface area contributed by atoms with E-state index in [9.17, 15) is 4.79 Å². The Bertz CT molecular complexity index is 613. The van der Waals surface area contributed by atoms with Gasteiger partial charge in [-0.2, -0.15) is 4.98 Å². The minimum Gasteiger partial charge on any atom is -0.496 e. The van der Waals surface area contributed by atoms with Crippen molar-refractivity contribution in [2.45, 2.75) is 0 Å². The zero-order valence-electron chi connectivity index (χ0n) is 10.5. The maximum atomic E-state index is 11.0. The molecule has 0 aliphatic heterocycles. The summed E-state index contributed by atoms with van der Waals surface area (Å²) in [6.07, 6.45) is 1.22. The zero-order valence-corrected chi connectivity index (χ0v) is 10.5. The molecule has 0 amide bonds. The van der Waals surface area contributed by atoms with Gasteiger partial charge in [0.2, 0.25) is 5.88 Å². The third kappa shape index (κ3) is 2.47. The van der Waals surface area contributed by atoms with Crippen molar-refractivity contribution in [1.82, 2.24) is 9.97 Å². The number of para-hydroxylation sites is 1. The second-order valence-electron chi connectivity index (χ2n) is 3.62. The molecule has 0 spiro atoms. The van der Waals surface area contributed by atoms with Gasteiger partial charge in [-0.25, -0.2) is 9.78 Å². The number of nitrogens with zero attached hydrogens (tertiary/aromatic N) is 2. The molecule has 2 aromatic rings. The van der Waals surface area contributed by atoms with Crippen molar-refractivity contribution < 1.29 is 19.4 Å². The van der Waals surface area contributed by atoms with Crippen LogP contribution in [0.15, 0.2) is 30.5 Å². The molecule has 98 valence electrons. The van der Waals surface area contributed by atoms with Crippen molar-refractivity contribution in [3.8, 4) is 23.0 Å². The van der Waals surface area contributed by atoms with Crippen molar-refractivity contribution in [2.75, 3.05) is 14.2 Å². The summed E-state index contributed by atoms with van der Waals surface area (Å²) >= 11 is 0. The Balaban J connectivity index is 2.55. The Hall–Kier alpha value is -2.63. The lowest BCUT2D eigenvalue weighted by molar-refractivity contribution is 0.0692. The normalized spacial score (nSPS) is 10.0. The van der Waals surface area contributed by atoms with Crippen LogP contribution < -0.4 is 9.47 Å². The predicted molar refractivity (Wildman–Crippen MR) is 67.5 cm³/mol. The van der Waals surface area contributed by atoms with Crippen LogP contribution in [0.1, 0.15) is 10.4 Å². The van der Waals surface area contributed by atoms with E-state index >= 15 is 0 Å². The predicted octanol–water partition coefficient (Wildman–Crippen LogP) is 1.86. The zero-order chi connectivity index (χ0) is 13.8. The average molecular weight is 260 g/mol. The number of carbonyl (C=O) groups is 1. The number of hydrogen-bond donors (Lipinski definition) is 1. The number of carboxylic acid groups (broad SMARTS) is 1. The molecule has 0 aliphatic carbocycles. The van der Waals surface area contributed by atoms with Crippen LogP contribution >= 0.6 is 0 Å². The molecule has 0 saturated carbocycles. The lowest BCUT2D eigenvalue weighted by Gasteiger charge is -2.09. The van der Waals surface area contributed by atoms with Gasteiger partial charge in [0, 0.05) is 6.20 Å². The Morgan fingerprint density at radius 2 is 1.95 bits per heavy atom. The Morgan fingerprint density at radius 1 is 1.21 bits per heavy atom. The van der Waals surface area contributed by atoms with Crippen molar-refractivity contribution in [2.24, 2.45) is 0 Å². The summed E-state index contributed by atoms with van der Waals surface area (Å²) in [4.78, 5) is 19.1. The smallest absolute Gasteiger partial charge is 0.342 e. The average Bonchev–Trinajstić information content (AvgIpc) is 2.46. The summed E-state index contributed by atoms with van der Waals surface area (Å²) in [7, 11) is 2.91. The summed E-state index contributed by atoms with van der Waals surface area (Å²) in [6.45, 7) is 0. The van der Waals surface area contributed by atoms with Gasteiger partial charge >= 0.3 is 5.97 Å². The Morgan fingerprint density at radius 3 is 2.58 bits per heavy atom. The third-order valence-corrected chi connectivity index (χ3v) is 2.53. The number of carboxylic acids is 1. The summed E-state index contributed by atoms with van der Waals surface area (Å²) in [5.74, 6) is -0.168. The lowest BCUT2D eigenvalue weighted by atomic mass is 10.2. The molecule has 1 N–H and O–H groups in total. The molecule has 6 nitrogen and oxygen atoms in total. The van der Waals surface area contributed by atoms with E-state index in [0.717, 1.165) is 0 Å². The molecular weight excluding hydrogens is 248 g/mol. The first-order valence-corrected chi connectivity index (χ1v) is 5.45. The topological polar surface area (TPSA) is 81.5 Å². The number of rotatable bonds is 4. The van der Waals surface area contributed by atoms with Gasteiger partial charge in [-0.1, -0.05) is 12.1 Å². The summed E-state index contributed by atoms with van der Waals surface area (Å²) < 4.78 is 10.2. The van der Waals surface area contributed by atoms with E-state index in [0.29, 0.717) is 17.1 Å². The molecule has 6 heteroatoms. The highest BCUT2D eigenvalue weighted by atomic mass is 16.5. The molecule has 0 unspecified atom stereocenters. The Labute approximate surface area is 109 Å². The van der Waals surface area contributed by atoms with E-state index in [2.05, 4.69) is 9.97 Å². The first-order valence-electron chi connectivity index (χ1n) is 5.45. The lowest BCUT2D eigenvalue weighted by Crippen LogP contribution is -2.05. The molecule has 0 fully saturated rings. The second-order valence-corrected chi connectivity index (χ2v) is 3.62. The monoisotopic (exact) mass is 260 g/mol. The van der Waals surface area contributed by atoms with Gasteiger partial charge in [0.25, 0.3) is 0 Å². The molecule has 0 saturated heterocycles. The van der Waals surface area contributed by atoms with Crippen molar-refractivity contribution in [3.63, 3.8) is 0 Å². The number of methoxy groups -OCH3 is 2. The van der Waals surface area contributed by atoms with E-state index in [1.165, 1.54) is 13.3 Å². The molecule has 19 heavy (non-hydrogen) atoms. The SMILES string of the molecule is COc1ccccc1-c1ncc(C(=O)O)c(OC)n1. The van der Waals surface area contributed by atoms with Gasteiger partial charge in [-0.05, 0) is 12.1 Å². The summed E-state index contributed by atoms with van der Waals surface area (Å²) in [5.41, 5.74) is 0.585. The first-order chi connectivity index (χ1) is 9.17. The maximum Gasteiger partial charge on any atom is 0.342 e. The van der Waals surface area contributed by atoms with Crippen molar-refractivity contribution in [3.05, 3.63) is 36.0 Å². The highest BCUT2D eigenvalue weighted by Gasteiger charge is 2.16. The number of aromatic carboxylic acids is 1. The van der Waals surface area contributed by atoms with Gasteiger partial charge in [0.15, 0.2) is 5.82 Å². The van der Waals surface area contributed by atoms with Gasteiger partial charge in [0.05, 0.1) is 19.8 Å². The maximum absolute atomic E-state index is 11.0. The molecular formula is C13H12N2O4. The van der Waals surface area contributed by atoms with Crippen LogP contribution in [0.2, 0.25) is 0 Å². The van der Waals surface area contributed by atoms with Gasteiger partial charge in [-0.3, -0.25) is 0 Å². The molecule has 0 radical (unpaired) electrons. The van der Waals surface area contributed by atoms with E-state index in [1.807, 2.05) is 12.1 Å². The fourth-order valence-electron chi connectivity index (χ4n) is 1.63. The third-order valence-electron chi connectivity index (χ3n) is 2.53. The minimum atomic E-state index is -1.14. The van der Waals surface area contributed by atoms with E-state index in [-0.39, 0.29) is 11.4 Å². The van der Waals surface area contributed by atoms with Gasteiger partial charge < -0.3 is 14.6 Å². The van der Waals surface area contributed by atoms with Crippen molar-refractivity contribution >= 4 is 5.97 Å². The number of benzene rings is 1. The quantitative estimate of drug-likeness (QED) is 0.903. The van der Waals surface area contributed by atoms with Crippen molar-refractivity contribution in [1.29, 1.82) is 0 Å². The van der Waals surface area contributed by atoms with Crippen LogP contribution in [-0.2, 0) is 0 Å². The van der Waals surface area contributed by atoms with Gasteiger partial charge in [0.1, 0.15) is 11.3 Å². The minimum absolute atomic E-state index is 0.0170. The van der Waals surface area contributed by atoms with Crippen LogP contribution in [0.5, 0.6) is 11.6 Å². The number of ether oxygens (including phenoxy) is 2. The van der Waals surface area contributed by atoms with E-state index < -0.39 is 5.97 Å². The molecule has 1 aromatic carbocycles. The highest BCUT2D eigenvalue weighted by molar-refractivity contribution is 5.90. The van der Waals surface area contributed by atoms with E-state index in [4.69, 9.17) is 14.6 Å². The molecule has 0 bridgehead atoms. The largest absolute Gasteiger partial charge is 0.496 e. The van der Waals surface area contributed by atoms with Crippen LogP contribution in [0.25, 0.3) is 11.4 Å². The standard InChI is InChI=1S/C13H12N2O4/c1-18-10-6-4-3-5-8(10)11-14-7-9(13(16)17)12(15-11)19-2/h3-7H,1-2H3,(H,16,17). The highest BCUT2D eigenvalue weighted by Crippen LogP contribution is 2.28. The summed E-state index contributed by atoms with van der Waals surface area (Å²) in [6, 6.07) is 7.20. The molecule has 1 aromatic heterocycles. The molecule has 1 heterocycles.